The summed E-state index contributed by atoms with van der Waals surface area (Å²) in [7, 11) is 0. The van der Waals surface area contributed by atoms with E-state index in [1.165, 1.54) is 0 Å². The molecule has 0 aliphatic rings. The van der Waals surface area contributed by atoms with E-state index in [0.29, 0.717) is 0 Å². The van der Waals surface area contributed by atoms with Crippen molar-refractivity contribution in [3.63, 3.8) is 0 Å². The molecule has 0 aromatic carbocycles. The molecular formula is C4HClF6. The highest BCUT2D eigenvalue weighted by atomic mass is 35.5. The molecule has 0 saturated carbocycles. The van der Waals surface area contributed by atoms with Gasteiger partial charge in [-0.15, -0.1) is 0 Å². The summed E-state index contributed by atoms with van der Waals surface area (Å²) in [5.74, 6) is 0. The Kier molecular flexibility index (Phi) is 2.82. The van der Waals surface area contributed by atoms with Gasteiger partial charge in [-0.25, -0.2) is 0 Å². The van der Waals surface area contributed by atoms with Gasteiger partial charge in [-0.1, -0.05) is 11.6 Å². The lowest BCUT2D eigenvalue weighted by molar-refractivity contribution is -0.171. The van der Waals surface area contributed by atoms with Crippen LogP contribution in [0.3, 0.4) is 0 Å². The fraction of sp³-hybridized carbons (Fsp3) is 0.500. The van der Waals surface area contributed by atoms with Crippen molar-refractivity contribution < 1.29 is 26.3 Å². The van der Waals surface area contributed by atoms with Gasteiger partial charge in [0.2, 0.25) is 0 Å². The van der Waals surface area contributed by atoms with E-state index >= 15 is 0 Å². The summed E-state index contributed by atoms with van der Waals surface area (Å²) in [4.78, 5) is 0. The molecule has 66 valence electrons. The van der Waals surface area contributed by atoms with Crippen LogP contribution in [0.2, 0.25) is 0 Å². The molecule has 0 heterocycles. The highest BCUT2D eigenvalue weighted by molar-refractivity contribution is 6.25. The average molecular weight is 198 g/mol. The van der Waals surface area contributed by atoms with Crippen molar-refractivity contribution in [1.29, 1.82) is 0 Å². The quantitative estimate of drug-likeness (QED) is 0.524. The molecule has 0 atom stereocenters. The number of rotatable bonds is 0. The van der Waals surface area contributed by atoms with Gasteiger partial charge in [0.05, 0.1) is 0 Å². The predicted molar refractivity (Wildman–Crippen MR) is 26.0 cm³/mol. The van der Waals surface area contributed by atoms with Gasteiger partial charge in [-0.05, 0) is 0 Å². The van der Waals surface area contributed by atoms with Gasteiger partial charge < -0.3 is 0 Å². The summed E-state index contributed by atoms with van der Waals surface area (Å²) in [6.07, 6.45) is -10.9. The van der Waals surface area contributed by atoms with Gasteiger partial charge in [-0.2, -0.15) is 26.3 Å². The topological polar surface area (TPSA) is 0 Å². The first kappa shape index (κ1) is 10.6. The summed E-state index contributed by atoms with van der Waals surface area (Å²) in [6.45, 7) is 0. The third-order valence-corrected chi connectivity index (χ3v) is 0.938. The zero-order valence-corrected chi connectivity index (χ0v) is 5.48. The molecule has 0 aliphatic heterocycles. The number of hydrogen-bond acceptors (Lipinski definition) is 0. The Morgan fingerprint density at radius 3 is 1.18 bits per heavy atom. The summed E-state index contributed by atoms with van der Waals surface area (Å²) >= 11 is 4.33. The normalized spacial score (nSPS) is 13.0. The lowest BCUT2D eigenvalue weighted by atomic mass is 10.3. The fourth-order valence-electron chi connectivity index (χ4n) is 0.284. The first-order valence-electron chi connectivity index (χ1n) is 2.14. The van der Waals surface area contributed by atoms with Gasteiger partial charge in [0.15, 0.2) is 0 Å². The van der Waals surface area contributed by atoms with Gasteiger partial charge in [0.1, 0.15) is 5.57 Å². The Balaban J connectivity index is 4.74. The Labute approximate surface area is 62.4 Å². The maximum atomic E-state index is 11.3. The van der Waals surface area contributed by atoms with Crippen LogP contribution in [0.15, 0.2) is 11.1 Å². The van der Waals surface area contributed by atoms with Crippen molar-refractivity contribution in [2.45, 2.75) is 12.4 Å². The molecule has 0 N–H and O–H groups in total. The van der Waals surface area contributed by atoms with E-state index in [-0.39, 0.29) is 0 Å². The second-order valence-electron chi connectivity index (χ2n) is 1.52. The molecule has 0 saturated heterocycles. The number of alkyl halides is 6. The molecule has 0 spiro atoms. The van der Waals surface area contributed by atoms with Gasteiger partial charge in [-0.3, -0.25) is 0 Å². The average Bonchev–Trinajstić information content (AvgIpc) is 1.56. The molecule has 0 unspecified atom stereocenters. The van der Waals surface area contributed by atoms with Crippen molar-refractivity contribution >= 4 is 11.6 Å². The van der Waals surface area contributed by atoms with E-state index < -0.39 is 23.5 Å². The van der Waals surface area contributed by atoms with E-state index in [0.717, 1.165) is 0 Å². The SMILES string of the molecule is FC(F)(F)C(=CCl)C(F)(F)F. The molecule has 0 aromatic rings. The monoisotopic (exact) mass is 198 g/mol. The van der Waals surface area contributed by atoms with E-state index in [1.54, 1.807) is 0 Å². The van der Waals surface area contributed by atoms with Crippen LogP contribution >= 0.6 is 11.6 Å². The smallest absolute Gasteiger partial charge is 0.166 e. The Morgan fingerprint density at radius 2 is 1.18 bits per heavy atom. The fourth-order valence-corrected chi connectivity index (χ4v) is 0.532. The molecule has 0 nitrogen and oxygen atoms in total. The largest absolute Gasteiger partial charge is 0.422 e. The third kappa shape index (κ3) is 3.00. The van der Waals surface area contributed by atoms with Gasteiger partial charge in [0.25, 0.3) is 0 Å². The molecule has 0 amide bonds. The minimum Gasteiger partial charge on any atom is -0.166 e. The first-order chi connectivity index (χ1) is 4.69. The minimum absolute atomic E-state index is 0.528. The van der Waals surface area contributed by atoms with Crippen LogP contribution in [0.1, 0.15) is 0 Å². The van der Waals surface area contributed by atoms with Crippen molar-refractivity contribution in [3.05, 3.63) is 11.1 Å². The van der Waals surface area contributed by atoms with Crippen LogP contribution in [-0.2, 0) is 0 Å². The predicted octanol–water partition coefficient (Wildman–Crippen LogP) is 3.23. The van der Waals surface area contributed by atoms with Crippen molar-refractivity contribution in [3.8, 4) is 0 Å². The number of halogens is 7. The van der Waals surface area contributed by atoms with Gasteiger partial charge >= 0.3 is 12.4 Å². The van der Waals surface area contributed by atoms with E-state index in [2.05, 4.69) is 11.6 Å². The minimum atomic E-state index is -5.44. The van der Waals surface area contributed by atoms with Crippen molar-refractivity contribution in [1.82, 2.24) is 0 Å². The highest BCUT2D eigenvalue weighted by Crippen LogP contribution is 2.38. The van der Waals surface area contributed by atoms with E-state index in [4.69, 9.17) is 0 Å². The summed E-state index contributed by atoms with van der Waals surface area (Å²) in [6, 6.07) is 0. The molecule has 0 fully saturated rings. The standard InChI is InChI=1S/C4HClF6/c5-1-2(3(6,7)8)4(9,10)11/h1H. The highest BCUT2D eigenvalue weighted by Gasteiger charge is 2.50. The van der Waals surface area contributed by atoms with Gasteiger partial charge in [0, 0.05) is 5.54 Å². The molecular weight excluding hydrogens is 197 g/mol. The Morgan fingerprint density at radius 1 is 0.909 bits per heavy atom. The van der Waals surface area contributed by atoms with Crippen LogP contribution < -0.4 is 0 Å². The van der Waals surface area contributed by atoms with Crippen LogP contribution in [-0.4, -0.2) is 12.4 Å². The zero-order valence-electron chi connectivity index (χ0n) is 4.72. The summed E-state index contributed by atoms with van der Waals surface area (Å²) in [5.41, 5.74) is -3.23. The van der Waals surface area contributed by atoms with E-state index in [9.17, 15) is 26.3 Å². The van der Waals surface area contributed by atoms with Crippen molar-refractivity contribution in [2.24, 2.45) is 0 Å². The molecule has 0 radical (unpaired) electrons. The third-order valence-electron chi connectivity index (χ3n) is 0.720. The molecule has 0 aliphatic carbocycles. The lowest BCUT2D eigenvalue weighted by Crippen LogP contribution is -2.25. The summed E-state index contributed by atoms with van der Waals surface area (Å²) < 4.78 is 68.1. The molecule has 7 heteroatoms. The van der Waals surface area contributed by atoms with Crippen LogP contribution in [0.25, 0.3) is 0 Å². The first-order valence-corrected chi connectivity index (χ1v) is 2.58. The maximum Gasteiger partial charge on any atom is 0.422 e. The zero-order chi connectivity index (χ0) is 9.28. The summed E-state index contributed by atoms with van der Waals surface area (Å²) in [5, 5.41) is 0. The van der Waals surface area contributed by atoms with Crippen molar-refractivity contribution in [2.75, 3.05) is 0 Å². The second kappa shape index (κ2) is 2.92. The molecule has 11 heavy (non-hydrogen) atoms. The Hall–Kier alpha value is -0.390. The Bertz CT molecular complexity index is 146. The van der Waals surface area contributed by atoms with Crippen LogP contribution in [0, 0.1) is 0 Å². The van der Waals surface area contributed by atoms with Crippen LogP contribution in [0.5, 0.6) is 0 Å². The number of allylic oxidation sites excluding steroid dienone is 1. The number of hydrogen-bond donors (Lipinski definition) is 0. The lowest BCUT2D eigenvalue weighted by Gasteiger charge is -2.12. The molecule has 0 aromatic heterocycles. The molecule has 0 bridgehead atoms. The van der Waals surface area contributed by atoms with Crippen LogP contribution in [0.4, 0.5) is 26.3 Å². The molecule has 0 rings (SSSR count). The maximum absolute atomic E-state index is 11.3. The second-order valence-corrected chi connectivity index (χ2v) is 1.74. The van der Waals surface area contributed by atoms with E-state index in [1.807, 2.05) is 0 Å².